The van der Waals surface area contributed by atoms with Crippen LogP contribution in [0.2, 0.25) is 0 Å². The van der Waals surface area contributed by atoms with Crippen molar-refractivity contribution < 1.29 is 14.7 Å². The second-order valence-electron chi connectivity index (χ2n) is 4.70. The Morgan fingerprint density at radius 1 is 1.33 bits per heavy atom. The monoisotopic (exact) mass is 247 g/mol. The van der Waals surface area contributed by atoms with E-state index in [0.29, 0.717) is 5.56 Å². The van der Waals surface area contributed by atoms with Gasteiger partial charge in [0, 0.05) is 5.56 Å². The smallest absolute Gasteiger partial charge is 0.317 e. The fourth-order valence-corrected chi connectivity index (χ4v) is 2.31. The lowest BCUT2D eigenvalue weighted by Crippen LogP contribution is -2.37. The molecule has 0 aliphatic heterocycles. The van der Waals surface area contributed by atoms with Gasteiger partial charge in [0.15, 0.2) is 5.78 Å². The number of aryl methyl sites for hydroxylation is 2. The second kappa shape index (κ2) is 5.31. The van der Waals surface area contributed by atoms with E-state index in [2.05, 4.69) is 5.32 Å². The van der Waals surface area contributed by atoms with Crippen molar-refractivity contribution in [2.24, 2.45) is 0 Å². The van der Waals surface area contributed by atoms with Crippen LogP contribution in [0.25, 0.3) is 0 Å². The van der Waals surface area contributed by atoms with Crippen LogP contribution in [0.1, 0.15) is 34.8 Å². The van der Waals surface area contributed by atoms with Crippen LogP contribution < -0.4 is 5.32 Å². The van der Waals surface area contributed by atoms with Crippen molar-refractivity contribution in [3.05, 3.63) is 34.9 Å². The summed E-state index contributed by atoms with van der Waals surface area (Å²) in [5.74, 6) is -1.01. The Labute approximate surface area is 106 Å². The highest BCUT2D eigenvalue weighted by Crippen LogP contribution is 2.23. The molecule has 1 aromatic rings. The van der Waals surface area contributed by atoms with Crippen molar-refractivity contribution in [1.29, 1.82) is 0 Å². The number of carbonyl (C=O) groups excluding carboxylic acids is 1. The highest BCUT2D eigenvalue weighted by Gasteiger charge is 2.18. The molecule has 0 saturated carbocycles. The maximum absolute atomic E-state index is 12.1. The number of hydrogen-bond acceptors (Lipinski definition) is 3. The highest BCUT2D eigenvalue weighted by atomic mass is 16.4. The van der Waals surface area contributed by atoms with Gasteiger partial charge in [-0.05, 0) is 43.4 Å². The molecule has 0 bridgehead atoms. The molecule has 1 aliphatic rings. The summed E-state index contributed by atoms with van der Waals surface area (Å²) in [6.07, 6.45) is 3.28. The molecule has 1 atom stereocenters. The third kappa shape index (κ3) is 2.76. The first-order chi connectivity index (χ1) is 8.58. The van der Waals surface area contributed by atoms with E-state index in [0.717, 1.165) is 19.3 Å². The average molecular weight is 247 g/mol. The molecule has 0 spiro atoms. The van der Waals surface area contributed by atoms with E-state index in [9.17, 15) is 9.59 Å². The van der Waals surface area contributed by atoms with Crippen LogP contribution in [0, 0.1) is 0 Å². The van der Waals surface area contributed by atoms with Gasteiger partial charge in [-0.2, -0.15) is 0 Å². The number of nitrogens with one attached hydrogen (secondary N) is 1. The maximum atomic E-state index is 12.1. The molecule has 18 heavy (non-hydrogen) atoms. The Hall–Kier alpha value is -1.68. The van der Waals surface area contributed by atoms with Gasteiger partial charge in [0.1, 0.15) is 0 Å². The minimum absolute atomic E-state index is 0.0500. The number of benzene rings is 1. The molecule has 0 radical (unpaired) electrons. The molecule has 0 aromatic heterocycles. The highest BCUT2D eigenvalue weighted by molar-refractivity contribution is 6.00. The first-order valence-corrected chi connectivity index (χ1v) is 6.19. The quantitative estimate of drug-likeness (QED) is 0.772. The molecular weight excluding hydrogens is 230 g/mol. The van der Waals surface area contributed by atoms with Gasteiger partial charge in [0.25, 0.3) is 0 Å². The van der Waals surface area contributed by atoms with Gasteiger partial charge in [-0.1, -0.05) is 12.1 Å². The minimum Gasteiger partial charge on any atom is -0.480 e. The van der Waals surface area contributed by atoms with E-state index in [1.165, 1.54) is 11.1 Å². The van der Waals surface area contributed by atoms with Crippen LogP contribution in [-0.2, 0) is 17.6 Å². The number of ketones is 1. The summed E-state index contributed by atoms with van der Waals surface area (Å²) in [5.41, 5.74) is 3.25. The standard InChI is InChI=1S/C14H17NO3/c1-9(15-8-13(16)17)14(18)12-6-5-10-3-2-4-11(10)7-12/h5-7,9,15H,2-4,8H2,1H3,(H,16,17). The second-order valence-corrected chi connectivity index (χ2v) is 4.70. The lowest BCUT2D eigenvalue weighted by Gasteiger charge is -2.12. The number of hydrogen-bond donors (Lipinski definition) is 2. The van der Waals surface area contributed by atoms with Crippen molar-refractivity contribution in [2.75, 3.05) is 6.54 Å². The lowest BCUT2D eigenvalue weighted by molar-refractivity contribution is -0.136. The number of fused-ring (bicyclic) bond motifs is 1. The zero-order valence-corrected chi connectivity index (χ0v) is 10.4. The molecule has 0 saturated heterocycles. The van der Waals surface area contributed by atoms with Crippen molar-refractivity contribution in [3.63, 3.8) is 0 Å². The average Bonchev–Trinajstić information content (AvgIpc) is 2.81. The van der Waals surface area contributed by atoms with Gasteiger partial charge >= 0.3 is 5.97 Å². The zero-order chi connectivity index (χ0) is 13.1. The van der Waals surface area contributed by atoms with Gasteiger partial charge in [-0.15, -0.1) is 0 Å². The summed E-state index contributed by atoms with van der Waals surface area (Å²) in [6.45, 7) is 1.50. The predicted molar refractivity (Wildman–Crippen MR) is 67.9 cm³/mol. The third-order valence-corrected chi connectivity index (χ3v) is 3.34. The molecule has 0 fully saturated rings. The van der Waals surface area contributed by atoms with Crippen LogP contribution in [-0.4, -0.2) is 29.4 Å². The molecule has 2 rings (SSSR count). The van der Waals surface area contributed by atoms with Gasteiger partial charge in [-0.3, -0.25) is 14.9 Å². The molecule has 0 heterocycles. The number of aliphatic carboxylic acids is 1. The molecule has 1 unspecified atom stereocenters. The first-order valence-electron chi connectivity index (χ1n) is 6.19. The van der Waals surface area contributed by atoms with E-state index in [4.69, 9.17) is 5.11 Å². The van der Waals surface area contributed by atoms with Crippen LogP contribution in [0.15, 0.2) is 18.2 Å². The SMILES string of the molecule is CC(NCC(=O)O)C(=O)c1ccc2c(c1)CCC2. The third-order valence-electron chi connectivity index (χ3n) is 3.34. The fraction of sp³-hybridized carbons (Fsp3) is 0.429. The summed E-state index contributed by atoms with van der Waals surface area (Å²) in [4.78, 5) is 22.5. The maximum Gasteiger partial charge on any atom is 0.317 e. The molecule has 4 nitrogen and oxygen atoms in total. The predicted octanol–water partition coefficient (Wildman–Crippen LogP) is 1.42. The minimum atomic E-state index is -0.955. The molecule has 1 aromatic carbocycles. The van der Waals surface area contributed by atoms with E-state index in [1.54, 1.807) is 6.92 Å². The lowest BCUT2D eigenvalue weighted by atomic mass is 10.0. The molecular formula is C14H17NO3. The molecule has 96 valence electrons. The normalized spacial score (nSPS) is 15.2. The Morgan fingerprint density at radius 2 is 2.06 bits per heavy atom. The summed E-state index contributed by atoms with van der Waals surface area (Å²) in [5, 5.41) is 11.3. The van der Waals surface area contributed by atoms with Crippen LogP contribution in [0.4, 0.5) is 0 Å². The van der Waals surface area contributed by atoms with Crippen LogP contribution in [0.5, 0.6) is 0 Å². The van der Waals surface area contributed by atoms with Gasteiger partial charge in [0.05, 0.1) is 12.6 Å². The summed E-state index contributed by atoms with van der Waals surface area (Å²) in [7, 11) is 0. The molecule has 0 amide bonds. The zero-order valence-electron chi connectivity index (χ0n) is 10.4. The number of Topliss-reactive ketones (excluding diaryl/α,β-unsaturated/α-hetero) is 1. The summed E-state index contributed by atoms with van der Waals surface area (Å²) >= 11 is 0. The van der Waals surface area contributed by atoms with E-state index in [-0.39, 0.29) is 12.3 Å². The van der Waals surface area contributed by atoms with Crippen LogP contribution in [0.3, 0.4) is 0 Å². The van der Waals surface area contributed by atoms with Gasteiger partial charge in [0.2, 0.25) is 0 Å². The molecule has 2 N–H and O–H groups in total. The Kier molecular flexibility index (Phi) is 3.77. The van der Waals surface area contributed by atoms with E-state index < -0.39 is 12.0 Å². The van der Waals surface area contributed by atoms with Crippen molar-refractivity contribution in [1.82, 2.24) is 5.32 Å². The fourth-order valence-electron chi connectivity index (χ4n) is 2.31. The van der Waals surface area contributed by atoms with Gasteiger partial charge in [-0.25, -0.2) is 0 Å². The van der Waals surface area contributed by atoms with Crippen molar-refractivity contribution in [3.8, 4) is 0 Å². The van der Waals surface area contributed by atoms with Crippen molar-refractivity contribution in [2.45, 2.75) is 32.2 Å². The first kappa shape index (κ1) is 12.8. The van der Waals surface area contributed by atoms with Crippen molar-refractivity contribution >= 4 is 11.8 Å². The largest absolute Gasteiger partial charge is 0.480 e. The number of carboxylic acids is 1. The van der Waals surface area contributed by atoms with Crippen LogP contribution >= 0.6 is 0 Å². The topological polar surface area (TPSA) is 66.4 Å². The number of rotatable bonds is 5. The van der Waals surface area contributed by atoms with E-state index >= 15 is 0 Å². The Balaban J connectivity index is 2.06. The summed E-state index contributed by atoms with van der Waals surface area (Å²) < 4.78 is 0. The number of carboxylic acid groups (broad SMARTS) is 1. The Morgan fingerprint density at radius 3 is 2.78 bits per heavy atom. The number of carbonyl (C=O) groups is 2. The van der Waals surface area contributed by atoms with E-state index in [1.807, 2.05) is 18.2 Å². The molecule has 1 aliphatic carbocycles. The van der Waals surface area contributed by atoms with Gasteiger partial charge < -0.3 is 5.11 Å². The Bertz CT molecular complexity index is 482. The summed E-state index contributed by atoms with van der Waals surface area (Å²) in [6, 6.07) is 5.33. The molecule has 4 heteroatoms.